The summed E-state index contributed by atoms with van der Waals surface area (Å²) in [4.78, 5) is 2.62. The lowest BCUT2D eigenvalue weighted by molar-refractivity contribution is 0.682. The van der Waals surface area contributed by atoms with Crippen molar-refractivity contribution < 1.29 is 4.21 Å². The molecule has 0 aromatic heterocycles. The predicted molar refractivity (Wildman–Crippen MR) is 61.9 cm³/mol. The molecule has 0 bridgehead atoms. The molecule has 0 aliphatic rings. The molecule has 0 N–H and O–H groups in total. The first-order chi connectivity index (χ1) is 7.22. The number of aryl methyl sites for hydroxylation is 1. The molecule has 0 saturated heterocycles. The molecule has 1 atom stereocenters. The molecule has 15 heavy (non-hydrogen) atoms. The Morgan fingerprint density at radius 2 is 2.33 bits per heavy atom. The van der Waals surface area contributed by atoms with E-state index in [0.29, 0.717) is 18.1 Å². The van der Waals surface area contributed by atoms with Crippen molar-refractivity contribution in [2.24, 2.45) is 5.11 Å². The minimum Gasteiger partial charge on any atom is -0.259 e. The smallest absolute Gasteiger partial charge is 0.0485 e. The molecule has 80 valence electrons. The Morgan fingerprint density at radius 1 is 1.53 bits per heavy atom. The summed E-state index contributed by atoms with van der Waals surface area (Å²) in [5.74, 6) is 0.959. The van der Waals surface area contributed by atoms with Crippen LogP contribution < -0.4 is 0 Å². The van der Waals surface area contributed by atoms with Crippen LogP contribution in [-0.4, -0.2) is 16.5 Å². The van der Waals surface area contributed by atoms with Gasteiger partial charge in [0.2, 0.25) is 0 Å². The first-order valence-corrected chi connectivity index (χ1v) is 6.12. The normalized spacial score (nSPS) is 11.8. The van der Waals surface area contributed by atoms with E-state index in [1.54, 1.807) is 0 Å². The van der Waals surface area contributed by atoms with Gasteiger partial charge in [-0.3, -0.25) is 4.21 Å². The van der Waals surface area contributed by atoms with Crippen LogP contribution in [0.1, 0.15) is 11.1 Å². The van der Waals surface area contributed by atoms with Crippen molar-refractivity contribution in [3.05, 3.63) is 45.8 Å². The largest absolute Gasteiger partial charge is 0.259 e. The fourth-order valence-corrected chi connectivity index (χ4v) is 2.23. The standard InChI is InChI=1S/C10H13N3OS/c1-9-3-2-4-10(7-9)8-15(14)6-5-12-13-11/h2-4,7H,5-6,8H2,1H3. The SMILES string of the molecule is Cc1cccc(CS(=O)CCN=[N+]=[N-])c1. The average molecular weight is 223 g/mol. The summed E-state index contributed by atoms with van der Waals surface area (Å²) in [7, 11) is -0.946. The molecule has 1 rings (SSSR count). The van der Waals surface area contributed by atoms with Crippen LogP contribution in [0.4, 0.5) is 0 Å². The number of azide groups is 1. The molecule has 0 aliphatic heterocycles. The van der Waals surface area contributed by atoms with E-state index in [-0.39, 0.29) is 0 Å². The van der Waals surface area contributed by atoms with Gasteiger partial charge in [-0.15, -0.1) is 0 Å². The Balaban J connectivity index is 2.47. The van der Waals surface area contributed by atoms with Crippen molar-refractivity contribution in [2.45, 2.75) is 12.7 Å². The molecule has 4 nitrogen and oxygen atoms in total. The van der Waals surface area contributed by atoms with Crippen LogP contribution in [0, 0.1) is 6.92 Å². The third-order valence-electron chi connectivity index (χ3n) is 1.89. The minimum absolute atomic E-state index is 0.301. The van der Waals surface area contributed by atoms with Crippen LogP contribution in [0.5, 0.6) is 0 Å². The van der Waals surface area contributed by atoms with Gasteiger partial charge in [0.05, 0.1) is 0 Å². The van der Waals surface area contributed by atoms with Crippen molar-refractivity contribution >= 4 is 10.8 Å². The molecule has 5 heteroatoms. The molecular weight excluding hydrogens is 210 g/mol. The van der Waals surface area contributed by atoms with Gasteiger partial charge in [0.25, 0.3) is 0 Å². The molecule has 0 aliphatic carbocycles. The predicted octanol–water partition coefficient (Wildman–Crippen LogP) is 2.55. The van der Waals surface area contributed by atoms with Gasteiger partial charge >= 0.3 is 0 Å². The lowest BCUT2D eigenvalue weighted by atomic mass is 10.2. The minimum atomic E-state index is -0.946. The van der Waals surface area contributed by atoms with E-state index in [4.69, 9.17) is 5.53 Å². The van der Waals surface area contributed by atoms with E-state index >= 15 is 0 Å². The Labute approximate surface area is 91.4 Å². The van der Waals surface area contributed by atoms with Gasteiger partial charge in [-0.1, -0.05) is 34.9 Å². The second-order valence-electron chi connectivity index (χ2n) is 3.23. The maximum absolute atomic E-state index is 11.5. The van der Waals surface area contributed by atoms with Crippen molar-refractivity contribution in [1.82, 2.24) is 0 Å². The van der Waals surface area contributed by atoms with E-state index in [9.17, 15) is 4.21 Å². The van der Waals surface area contributed by atoms with Gasteiger partial charge in [-0.25, -0.2) is 0 Å². The quantitative estimate of drug-likeness (QED) is 0.429. The molecular formula is C10H13N3OS. The summed E-state index contributed by atoms with van der Waals surface area (Å²) in [6.45, 7) is 2.31. The molecule has 0 fully saturated rings. The van der Waals surface area contributed by atoms with Crippen LogP contribution in [0.25, 0.3) is 10.4 Å². The summed E-state index contributed by atoms with van der Waals surface area (Å²) in [5, 5.41) is 3.36. The molecule has 1 aromatic carbocycles. The highest BCUT2D eigenvalue weighted by atomic mass is 32.2. The maximum atomic E-state index is 11.5. The average Bonchev–Trinajstić information content (AvgIpc) is 2.18. The van der Waals surface area contributed by atoms with Crippen molar-refractivity contribution in [1.29, 1.82) is 0 Å². The lowest BCUT2D eigenvalue weighted by Gasteiger charge is -2.01. The second kappa shape index (κ2) is 6.22. The van der Waals surface area contributed by atoms with E-state index < -0.39 is 10.8 Å². The van der Waals surface area contributed by atoms with E-state index in [1.807, 2.05) is 31.2 Å². The first-order valence-electron chi connectivity index (χ1n) is 4.64. The van der Waals surface area contributed by atoms with Crippen molar-refractivity contribution in [2.75, 3.05) is 12.3 Å². The Hall–Kier alpha value is -1.32. The molecule has 0 radical (unpaired) electrons. The number of hydrogen-bond acceptors (Lipinski definition) is 2. The summed E-state index contributed by atoms with van der Waals surface area (Å²) in [6, 6.07) is 7.94. The Bertz CT molecular complexity index is 399. The zero-order valence-corrected chi connectivity index (χ0v) is 9.41. The van der Waals surface area contributed by atoms with Gasteiger partial charge in [0.15, 0.2) is 0 Å². The fraction of sp³-hybridized carbons (Fsp3) is 0.400. The molecule has 1 aromatic rings. The Morgan fingerprint density at radius 3 is 3.00 bits per heavy atom. The summed E-state index contributed by atoms with van der Waals surface area (Å²) in [6.07, 6.45) is 0. The summed E-state index contributed by atoms with van der Waals surface area (Å²) in [5.41, 5.74) is 10.3. The zero-order chi connectivity index (χ0) is 11.1. The van der Waals surface area contributed by atoms with Crippen LogP contribution in [0.2, 0.25) is 0 Å². The van der Waals surface area contributed by atoms with Crippen LogP contribution in [0.3, 0.4) is 0 Å². The third kappa shape index (κ3) is 4.63. The van der Waals surface area contributed by atoms with E-state index in [2.05, 4.69) is 10.0 Å². The highest BCUT2D eigenvalue weighted by molar-refractivity contribution is 7.84. The van der Waals surface area contributed by atoms with Gasteiger partial charge in [-0.2, -0.15) is 0 Å². The molecule has 0 amide bonds. The topological polar surface area (TPSA) is 65.8 Å². The van der Waals surface area contributed by atoms with Gasteiger partial charge in [0.1, 0.15) is 0 Å². The number of benzene rings is 1. The van der Waals surface area contributed by atoms with Crippen molar-refractivity contribution in [3.8, 4) is 0 Å². The third-order valence-corrected chi connectivity index (χ3v) is 3.19. The van der Waals surface area contributed by atoms with Crippen LogP contribution in [-0.2, 0) is 16.6 Å². The summed E-state index contributed by atoms with van der Waals surface area (Å²) >= 11 is 0. The first kappa shape index (κ1) is 11.8. The van der Waals surface area contributed by atoms with Crippen LogP contribution >= 0.6 is 0 Å². The van der Waals surface area contributed by atoms with E-state index in [1.165, 1.54) is 5.56 Å². The monoisotopic (exact) mass is 223 g/mol. The lowest BCUT2D eigenvalue weighted by Crippen LogP contribution is -2.03. The highest BCUT2D eigenvalue weighted by Crippen LogP contribution is 2.06. The van der Waals surface area contributed by atoms with Gasteiger partial charge in [0, 0.05) is 33.8 Å². The second-order valence-corrected chi connectivity index (χ2v) is 4.81. The van der Waals surface area contributed by atoms with Gasteiger partial charge in [-0.05, 0) is 18.0 Å². The number of hydrogen-bond donors (Lipinski definition) is 0. The van der Waals surface area contributed by atoms with Crippen molar-refractivity contribution in [3.63, 3.8) is 0 Å². The van der Waals surface area contributed by atoms with E-state index in [0.717, 1.165) is 5.56 Å². The summed E-state index contributed by atoms with van der Waals surface area (Å²) < 4.78 is 11.5. The molecule has 0 saturated carbocycles. The maximum Gasteiger partial charge on any atom is 0.0485 e. The zero-order valence-electron chi connectivity index (χ0n) is 8.59. The molecule has 0 spiro atoms. The number of rotatable bonds is 5. The molecule has 0 heterocycles. The van der Waals surface area contributed by atoms with Crippen LogP contribution in [0.15, 0.2) is 29.4 Å². The van der Waals surface area contributed by atoms with Gasteiger partial charge < -0.3 is 0 Å². The Kier molecular flexibility index (Phi) is 4.87. The molecule has 1 unspecified atom stereocenters. The highest BCUT2D eigenvalue weighted by Gasteiger charge is 2.00. The fourth-order valence-electron chi connectivity index (χ4n) is 1.25. The number of nitrogens with zero attached hydrogens (tertiary/aromatic N) is 3.